The molecule has 2 unspecified atom stereocenters. The lowest BCUT2D eigenvalue weighted by Crippen LogP contribution is -2.32. The van der Waals surface area contributed by atoms with Gasteiger partial charge in [0, 0.05) is 11.2 Å². The van der Waals surface area contributed by atoms with E-state index in [1.807, 2.05) is 44.3 Å². The van der Waals surface area contributed by atoms with Gasteiger partial charge in [0.05, 0.1) is 13.2 Å². The highest BCUT2D eigenvalue weighted by Gasteiger charge is 2.23. The molecule has 0 aliphatic rings. The van der Waals surface area contributed by atoms with Gasteiger partial charge in [0.15, 0.2) is 0 Å². The first kappa shape index (κ1) is 15.6. The zero-order valence-corrected chi connectivity index (χ0v) is 13.1. The van der Waals surface area contributed by atoms with Crippen LogP contribution < -0.4 is 14.8 Å². The molecule has 21 heavy (non-hydrogen) atoms. The number of nitrogens with one attached hydrogen (secondary N) is 1. The van der Waals surface area contributed by atoms with E-state index in [0.717, 1.165) is 17.2 Å². The highest BCUT2D eigenvalue weighted by molar-refractivity contribution is 6.30. The van der Waals surface area contributed by atoms with Crippen molar-refractivity contribution in [3.63, 3.8) is 0 Å². The van der Waals surface area contributed by atoms with E-state index in [4.69, 9.17) is 21.1 Å². The van der Waals surface area contributed by atoms with Gasteiger partial charge in [-0.3, -0.25) is 4.98 Å². The van der Waals surface area contributed by atoms with Crippen LogP contribution in [0.25, 0.3) is 0 Å². The highest BCUT2D eigenvalue weighted by atomic mass is 35.5. The summed E-state index contributed by atoms with van der Waals surface area (Å²) in [5.74, 6) is 1.46. The Morgan fingerprint density at radius 3 is 2.71 bits per heavy atom. The van der Waals surface area contributed by atoms with E-state index in [1.165, 1.54) is 0 Å². The quantitative estimate of drug-likeness (QED) is 0.887. The van der Waals surface area contributed by atoms with Crippen LogP contribution in [-0.2, 0) is 0 Å². The summed E-state index contributed by atoms with van der Waals surface area (Å²) >= 11 is 5.98. The Hall–Kier alpha value is -1.78. The van der Waals surface area contributed by atoms with E-state index in [0.29, 0.717) is 5.02 Å². The van der Waals surface area contributed by atoms with Crippen LogP contribution in [0.3, 0.4) is 0 Å². The fourth-order valence-corrected chi connectivity index (χ4v) is 2.41. The molecule has 5 heteroatoms. The molecule has 0 aliphatic heterocycles. The summed E-state index contributed by atoms with van der Waals surface area (Å²) in [6.45, 7) is 1.98. The van der Waals surface area contributed by atoms with E-state index < -0.39 is 0 Å². The maximum Gasteiger partial charge on any atom is 0.142 e. The normalized spacial score (nSPS) is 13.5. The highest BCUT2D eigenvalue weighted by Crippen LogP contribution is 2.27. The number of benzene rings is 1. The second-order valence-electron chi connectivity index (χ2n) is 4.64. The van der Waals surface area contributed by atoms with Gasteiger partial charge in [-0.2, -0.15) is 0 Å². The summed E-state index contributed by atoms with van der Waals surface area (Å²) in [6.07, 6.45) is 1.60. The number of hydrogen-bond acceptors (Lipinski definition) is 4. The topological polar surface area (TPSA) is 43.4 Å². The first-order chi connectivity index (χ1) is 10.2. The maximum absolute atomic E-state index is 5.98. The second kappa shape index (κ2) is 7.29. The van der Waals surface area contributed by atoms with Gasteiger partial charge in [0.1, 0.15) is 23.3 Å². The minimum atomic E-state index is -0.141. The molecule has 4 nitrogen and oxygen atoms in total. The third-order valence-corrected chi connectivity index (χ3v) is 3.45. The maximum atomic E-state index is 5.98. The number of rotatable bonds is 6. The molecule has 0 amide bonds. The van der Waals surface area contributed by atoms with Crippen molar-refractivity contribution in [2.24, 2.45) is 0 Å². The van der Waals surface area contributed by atoms with Crippen molar-refractivity contribution in [2.75, 3.05) is 14.2 Å². The third-order valence-electron chi connectivity index (χ3n) is 3.21. The van der Waals surface area contributed by atoms with Crippen LogP contribution in [0.4, 0.5) is 0 Å². The Labute approximate surface area is 130 Å². The molecule has 2 atom stereocenters. The van der Waals surface area contributed by atoms with Crippen LogP contribution in [0.15, 0.2) is 42.6 Å². The number of hydrogen-bond donors (Lipinski definition) is 1. The number of likely N-dealkylation sites (N-methyl/N-ethyl adjacent to an activating group) is 1. The molecule has 1 aromatic carbocycles. The van der Waals surface area contributed by atoms with Gasteiger partial charge >= 0.3 is 0 Å². The summed E-state index contributed by atoms with van der Waals surface area (Å²) in [4.78, 5) is 4.41. The van der Waals surface area contributed by atoms with Gasteiger partial charge in [0.25, 0.3) is 0 Å². The van der Waals surface area contributed by atoms with Crippen LogP contribution in [-0.4, -0.2) is 25.2 Å². The standard InChI is InChI=1S/C16H19ClN2O2/c1-11(21-13-7-4-6-12(17)10-13)15(18-2)16-14(20-3)8-5-9-19-16/h4-11,15,18H,1-3H3. The fourth-order valence-electron chi connectivity index (χ4n) is 2.23. The van der Waals surface area contributed by atoms with Gasteiger partial charge in [-0.25, -0.2) is 0 Å². The first-order valence-electron chi connectivity index (χ1n) is 6.74. The molecule has 1 N–H and O–H groups in total. The van der Waals surface area contributed by atoms with Crippen molar-refractivity contribution < 1.29 is 9.47 Å². The van der Waals surface area contributed by atoms with Gasteiger partial charge in [0.2, 0.25) is 0 Å². The van der Waals surface area contributed by atoms with Crippen LogP contribution >= 0.6 is 11.6 Å². The first-order valence-corrected chi connectivity index (χ1v) is 7.12. The van der Waals surface area contributed by atoms with E-state index in [-0.39, 0.29) is 12.1 Å². The fraction of sp³-hybridized carbons (Fsp3) is 0.312. The number of pyridine rings is 1. The molecule has 112 valence electrons. The minimum absolute atomic E-state index is 0.0971. The Kier molecular flexibility index (Phi) is 5.42. The summed E-state index contributed by atoms with van der Waals surface area (Å²) < 4.78 is 11.3. The predicted octanol–water partition coefficient (Wildman–Crippen LogP) is 3.47. The number of ether oxygens (including phenoxy) is 2. The van der Waals surface area contributed by atoms with Crippen molar-refractivity contribution in [1.29, 1.82) is 0 Å². The zero-order valence-electron chi connectivity index (χ0n) is 12.3. The Balaban J connectivity index is 2.20. The SMILES string of the molecule is CNC(c1ncccc1OC)C(C)Oc1cccc(Cl)c1. The Morgan fingerprint density at radius 2 is 2.05 bits per heavy atom. The molecule has 1 aromatic heterocycles. The van der Waals surface area contributed by atoms with E-state index in [2.05, 4.69) is 10.3 Å². The molecule has 0 aliphatic carbocycles. The number of aromatic nitrogens is 1. The molecule has 0 spiro atoms. The van der Waals surface area contributed by atoms with Gasteiger partial charge in [-0.15, -0.1) is 0 Å². The Morgan fingerprint density at radius 1 is 1.24 bits per heavy atom. The summed E-state index contributed by atoms with van der Waals surface area (Å²) in [5.41, 5.74) is 0.817. The molecular weight excluding hydrogens is 288 g/mol. The van der Waals surface area contributed by atoms with Gasteiger partial charge < -0.3 is 14.8 Å². The Bertz CT molecular complexity index is 592. The third kappa shape index (κ3) is 3.86. The molecule has 0 saturated heterocycles. The van der Waals surface area contributed by atoms with E-state index >= 15 is 0 Å². The smallest absolute Gasteiger partial charge is 0.142 e. The second-order valence-corrected chi connectivity index (χ2v) is 5.07. The average molecular weight is 307 g/mol. The van der Waals surface area contributed by atoms with Crippen LogP contribution in [0, 0.1) is 0 Å². The van der Waals surface area contributed by atoms with Crippen LogP contribution in [0.5, 0.6) is 11.5 Å². The van der Waals surface area contributed by atoms with Crippen molar-refractivity contribution in [1.82, 2.24) is 10.3 Å². The number of halogens is 1. The summed E-state index contributed by atoms with van der Waals surface area (Å²) in [7, 11) is 3.51. The summed E-state index contributed by atoms with van der Waals surface area (Å²) in [5, 5.41) is 3.88. The van der Waals surface area contributed by atoms with E-state index in [1.54, 1.807) is 19.4 Å². The molecule has 0 bridgehead atoms. The van der Waals surface area contributed by atoms with Crippen molar-refractivity contribution >= 4 is 11.6 Å². The monoisotopic (exact) mass is 306 g/mol. The summed E-state index contributed by atoms with van der Waals surface area (Å²) in [6, 6.07) is 11.0. The lowest BCUT2D eigenvalue weighted by atomic mass is 10.1. The molecule has 2 rings (SSSR count). The van der Waals surface area contributed by atoms with Crippen LogP contribution in [0.1, 0.15) is 18.7 Å². The van der Waals surface area contributed by atoms with Crippen molar-refractivity contribution in [3.8, 4) is 11.5 Å². The number of nitrogens with zero attached hydrogens (tertiary/aromatic N) is 1. The van der Waals surface area contributed by atoms with Crippen LogP contribution in [0.2, 0.25) is 5.02 Å². The van der Waals surface area contributed by atoms with E-state index in [9.17, 15) is 0 Å². The molecule has 1 heterocycles. The minimum Gasteiger partial charge on any atom is -0.495 e. The molecule has 2 aromatic rings. The van der Waals surface area contributed by atoms with Gasteiger partial charge in [-0.1, -0.05) is 17.7 Å². The number of methoxy groups -OCH3 is 1. The zero-order chi connectivity index (χ0) is 15.2. The predicted molar refractivity (Wildman–Crippen MR) is 84.1 cm³/mol. The van der Waals surface area contributed by atoms with Crippen molar-refractivity contribution in [2.45, 2.75) is 19.1 Å². The molecular formula is C16H19ClN2O2. The molecule has 0 saturated carbocycles. The van der Waals surface area contributed by atoms with Gasteiger partial charge in [-0.05, 0) is 44.3 Å². The largest absolute Gasteiger partial charge is 0.495 e. The molecule has 0 radical (unpaired) electrons. The molecule has 0 fully saturated rings. The lowest BCUT2D eigenvalue weighted by Gasteiger charge is -2.25. The lowest BCUT2D eigenvalue weighted by molar-refractivity contribution is 0.171. The van der Waals surface area contributed by atoms with Crippen molar-refractivity contribution in [3.05, 3.63) is 53.3 Å². The average Bonchev–Trinajstić information content (AvgIpc) is 2.48.